The standard InChI is InChI=1S/C33H33.C5H5.C2H4.Zr/c1-32(2,3)30-20-26-24(18-28(30)22-13-9-7-10-14-22)17-25-19-29(23-15-11-8-12-16-23)31(21-27(25)26)33(4,5)6;1-2-4-5-3-1;1-2;/h7-21H,1-6H3;1-5H;1H,2H3;/q2*-1;;+2. The van der Waals surface area contributed by atoms with Gasteiger partial charge in [-0.25, -0.2) is 12.1 Å². The average Bonchev–Trinajstić information content (AvgIpc) is 3.64. The third kappa shape index (κ3) is 7.39. The molecule has 0 bridgehead atoms. The maximum Gasteiger partial charge on any atom is -0.172 e. The van der Waals surface area contributed by atoms with Crippen molar-refractivity contribution in [2.75, 3.05) is 0 Å². The summed E-state index contributed by atoms with van der Waals surface area (Å²) in [6.45, 7) is 16.0. The van der Waals surface area contributed by atoms with Crippen molar-refractivity contribution >= 4 is 25.3 Å². The minimum Gasteiger partial charge on any atom is -0.214 e. The normalized spacial score (nSPS) is 11.4. The van der Waals surface area contributed by atoms with Crippen LogP contribution >= 0.6 is 0 Å². The van der Waals surface area contributed by atoms with Crippen LogP contribution in [-0.4, -0.2) is 3.71 Å². The zero-order chi connectivity index (χ0) is 29.6. The van der Waals surface area contributed by atoms with Gasteiger partial charge in [0.2, 0.25) is 0 Å². The van der Waals surface area contributed by atoms with E-state index in [1.54, 1.807) is 0 Å². The Morgan fingerprint density at radius 3 is 1.22 bits per heavy atom. The van der Waals surface area contributed by atoms with Crippen molar-refractivity contribution in [2.24, 2.45) is 0 Å². The molecular formula is C40H42Zr. The van der Waals surface area contributed by atoms with Gasteiger partial charge in [-0.1, -0.05) is 114 Å². The molecule has 0 spiro atoms. The fourth-order valence-electron chi connectivity index (χ4n) is 5.38. The molecule has 0 aromatic heterocycles. The Labute approximate surface area is 262 Å². The van der Waals surface area contributed by atoms with Gasteiger partial charge >= 0.3 is 34.9 Å². The monoisotopic (exact) mass is 612 g/mol. The number of rotatable bonds is 2. The van der Waals surface area contributed by atoms with E-state index in [1.807, 2.05) is 37.3 Å². The van der Waals surface area contributed by atoms with Gasteiger partial charge < -0.3 is 0 Å². The quantitative estimate of drug-likeness (QED) is 0.170. The molecule has 6 aromatic rings. The molecule has 6 rings (SSSR count). The van der Waals surface area contributed by atoms with Gasteiger partial charge in [-0.2, -0.15) is 18.2 Å². The molecule has 0 fully saturated rings. The number of hydrogen-bond donors (Lipinski definition) is 0. The summed E-state index contributed by atoms with van der Waals surface area (Å²) in [5, 5.41) is 5.36. The molecular weight excluding hydrogens is 572 g/mol. The van der Waals surface area contributed by atoms with Crippen molar-refractivity contribution in [2.45, 2.75) is 59.3 Å². The summed E-state index contributed by atoms with van der Waals surface area (Å²) in [6.07, 6.45) is 0. The van der Waals surface area contributed by atoms with Crippen molar-refractivity contribution in [1.82, 2.24) is 0 Å². The predicted molar refractivity (Wildman–Crippen MR) is 179 cm³/mol. The molecule has 0 aliphatic carbocycles. The molecule has 0 heterocycles. The molecule has 0 saturated heterocycles. The van der Waals surface area contributed by atoms with Gasteiger partial charge in [0.25, 0.3) is 0 Å². The van der Waals surface area contributed by atoms with E-state index in [-0.39, 0.29) is 10.8 Å². The number of fused-ring (bicyclic) bond motifs is 3. The Bertz CT molecular complexity index is 1560. The second-order valence-corrected chi connectivity index (χ2v) is 14.0. The van der Waals surface area contributed by atoms with E-state index in [1.165, 1.54) is 79.2 Å². The average molecular weight is 614 g/mol. The van der Waals surface area contributed by atoms with Crippen LogP contribution in [0.15, 0.2) is 121 Å². The molecule has 0 unspecified atom stereocenters. The molecule has 206 valence electrons. The van der Waals surface area contributed by atoms with Crippen LogP contribution in [0, 0.1) is 0 Å². The molecule has 0 nitrogen and oxygen atoms in total. The van der Waals surface area contributed by atoms with Gasteiger partial charge in [0.1, 0.15) is 0 Å². The van der Waals surface area contributed by atoms with Crippen molar-refractivity contribution < 1.29 is 24.2 Å². The number of benzene rings is 4. The maximum absolute atomic E-state index is 2.45. The van der Waals surface area contributed by atoms with Crippen LogP contribution in [0.25, 0.3) is 43.8 Å². The summed E-state index contributed by atoms with van der Waals surface area (Å²) < 4.78 is 2.09. The van der Waals surface area contributed by atoms with Crippen molar-refractivity contribution in [3.05, 3.63) is 132 Å². The van der Waals surface area contributed by atoms with E-state index >= 15 is 0 Å². The first kappa shape index (κ1) is 30.8. The summed E-state index contributed by atoms with van der Waals surface area (Å²) >= 11 is 1.51. The summed E-state index contributed by atoms with van der Waals surface area (Å²) in [5.41, 5.74) is 8.16. The van der Waals surface area contributed by atoms with Gasteiger partial charge in [0.15, 0.2) is 0 Å². The number of hydrogen-bond acceptors (Lipinski definition) is 0. The third-order valence-corrected chi connectivity index (χ3v) is 7.32. The summed E-state index contributed by atoms with van der Waals surface area (Å²) in [7, 11) is 0. The Kier molecular flexibility index (Phi) is 9.94. The van der Waals surface area contributed by atoms with Crippen LogP contribution in [0.4, 0.5) is 0 Å². The fraction of sp³-hybridized carbons (Fsp3) is 0.225. The van der Waals surface area contributed by atoms with Gasteiger partial charge in [0.05, 0.1) is 0 Å². The molecule has 1 heteroatoms. The zero-order valence-corrected chi connectivity index (χ0v) is 28.1. The van der Waals surface area contributed by atoms with E-state index < -0.39 is 0 Å². The molecule has 0 aliphatic heterocycles. The van der Waals surface area contributed by atoms with Gasteiger partial charge in [0, 0.05) is 0 Å². The minimum absolute atomic E-state index is 0.0554. The van der Waals surface area contributed by atoms with Crippen molar-refractivity contribution in [3.63, 3.8) is 0 Å². The largest absolute Gasteiger partial charge is 0.214 e. The van der Waals surface area contributed by atoms with E-state index in [2.05, 4.69) is 136 Å². The SMILES string of the molecule is CC(C)(C)c1cc2c(cc1-c1ccccc1)[cH-]c1cc(-c3ccccc3)c(C(C)(C)C)cc12.C[CH]=[Zr+2].c1cc[cH-]c1. The van der Waals surface area contributed by atoms with E-state index in [4.69, 9.17) is 0 Å². The first-order chi connectivity index (χ1) is 19.5. The molecule has 0 N–H and O–H groups in total. The molecule has 41 heavy (non-hydrogen) atoms. The van der Waals surface area contributed by atoms with Crippen LogP contribution in [0.2, 0.25) is 0 Å². The first-order valence-corrected chi connectivity index (χ1v) is 15.9. The van der Waals surface area contributed by atoms with Crippen LogP contribution in [0.3, 0.4) is 0 Å². The Hall–Kier alpha value is -3.15. The Morgan fingerprint density at radius 1 is 0.561 bits per heavy atom. The maximum atomic E-state index is 2.45. The Morgan fingerprint density at radius 2 is 0.927 bits per heavy atom. The second kappa shape index (κ2) is 13.2. The zero-order valence-electron chi connectivity index (χ0n) is 25.6. The second-order valence-electron chi connectivity index (χ2n) is 12.6. The fourth-order valence-corrected chi connectivity index (χ4v) is 5.38. The van der Waals surface area contributed by atoms with Crippen molar-refractivity contribution in [3.8, 4) is 22.3 Å². The predicted octanol–water partition coefficient (Wildman–Crippen LogP) is 11.4. The summed E-state index contributed by atoms with van der Waals surface area (Å²) in [5.74, 6) is 0. The summed E-state index contributed by atoms with van der Waals surface area (Å²) in [4.78, 5) is 0. The van der Waals surface area contributed by atoms with Gasteiger partial charge in [-0.3, -0.25) is 0 Å². The first-order valence-electron chi connectivity index (χ1n) is 14.5. The van der Waals surface area contributed by atoms with Crippen molar-refractivity contribution in [1.29, 1.82) is 0 Å². The minimum atomic E-state index is 0.0554. The Balaban J connectivity index is 0.000000424. The van der Waals surface area contributed by atoms with E-state index in [9.17, 15) is 0 Å². The van der Waals surface area contributed by atoms with E-state index in [0.717, 1.165) is 0 Å². The van der Waals surface area contributed by atoms with Crippen LogP contribution in [0.1, 0.15) is 59.6 Å². The third-order valence-electron chi connectivity index (χ3n) is 7.32. The molecule has 0 atom stereocenters. The smallest absolute Gasteiger partial charge is 0.172 e. The summed E-state index contributed by atoms with van der Waals surface area (Å²) in [6, 6.07) is 43.7. The van der Waals surface area contributed by atoms with Crippen LogP contribution < -0.4 is 0 Å². The van der Waals surface area contributed by atoms with Crippen LogP contribution in [-0.2, 0) is 35.1 Å². The molecule has 0 saturated carbocycles. The van der Waals surface area contributed by atoms with E-state index in [0.29, 0.717) is 0 Å². The molecule has 0 radical (unpaired) electrons. The van der Waals surface area contributed by atoms with Gasteiger partial charge in [-0.15, -0.1) is 39.7 Å². The molecule has 0 amide bonds. The van der Waals surface area contributed by atoms with Crippen LogP contribution in [0.5, 0.6) is 0 Å². The van der Waals surface area contributed by atoms with Gasteiger partial charge in [-0.05, 0) is 44.2 Å². The molecule has 0 aliphatic rings. The molecule has 6 aromatic carbocycles. The topological polar surface area (TPSA) is 0 Å².